The molecule has 0 aliphatic heterocycles. The number of alkyl halides is 3. The molecule has 1 aromatic carbocycles. The van der Waals surface area contributed by atoms with Crippen LogP contribution in [0, 0.1) is 17.8 Å². The lowest BCUT2D eigenvalue weighted by Gasteiger charge is -2.56. The largest absolute Gasteiger partial charge is 0.497 e. The first-order valence-corrected chi connectivity index (χ1v) is 11.7. The maximum atomic E-state index is 13.9. The number of methoxy groups -OCH3 is 1. The van der Waals surface area contributed by atoms with Gasteiger partial charge in [0.25, 0.3) is 5.91 Å². The third-order valence-electron chi connectivity index (χ3n) is 7.75. The number of carbonyl (C=O) groups excluding carboxylic acids is 1. The Bertz CT molecular complexity index is 1230. The fraction of sp³-hybridized carbons (Fsp3) is 0.480. The van der Waals surface area contributed by atoms with Gasteiger partial charge in [0.05, 0.1) is 12.8 Å². The summed E-state index contributed by atoms with van der Waals surface area (Å²) in [4.78, 5) is 17.6. The molecule has 178 valence electrons. The molecule has 7 rings (SSSR count). The van der Waals surface area contributed by atoms with E-state index in [4.69, 9.17) is 4.74 Å². The molecule has 9 heteroatoms. The Morgan fingerprint density at radius 3 is 2.24 bits per heavy atom. The Labute approximate surface area is 194 Å². The van der Waals surface area contributed by atoms with Crippen LogP contribution in [0.1, 0.15) is 54.7 Å². The van der Waals surface area contributed by atoms with Crippen molar-refractivity contribution in [3.05, 3.63) is 47.8 Å². The van der Waals surface area contributed by atoms with Crippen LogP contribution in [-0.2, 0) is 6.18 Å². The number of hydrogen-bond acceptors (Lipinski definition) is 4. The van der Waals surface area contributed by atoms with Crippen LogP contribution in [0.3, 0.4) is 0 Å². The number of aromatic nitrogens is 3. The van der Waals surface area contributed by atoms with Crippen molar-refractivity contribution < 1.29 is 22.7 Å². The zero-order chi connectivity index (χ0) is 23.7. The summed E-state index contributed by atoms with van der Waals surface area (Å²) in [5.74, 6) is 2.08. The van der Waals surface area contributed by atoms with Crippen molar-refractivity contribution in [3.63, 3.8) is 0 Å². The zero-order valence-corrected chi connectivity index (χ0v) is 18.7. The monoisotopic (exact) mass is 470 g/mol. The van der Waals surface area contributed by atoms with Gasteiger partial charge in [-0.1, -0.05) is 0 Å². The van der Waals surface area contributed by atoms with Gasteiger partial charge in [0.2, 0.25) is 0 Å². The quantitative estimate of drug-likeness (QED) is 0.575. The summed E-state index contributed by atoms with van der Waals surface area (Å²) in [6.45, 7) is 0. The van der Waals surface area contributed by atoms with Gasteiger partial charge in [-0.2, -0.15) is 18.3 Å². The van der Waals surface area contributed by atoms with E-state index in [9.17, 15) is 18.0 Å². The van der Waals surface area contributed by atoms with E-state index in [1.807, 2.05) is 0 Å². The smallest absolute Gasteiger partial charge is 0.433 e. The van der Waals surface area contributed by atoms with Crippen LogP contribution in [0.4, 0.5) is 13.2 Å². The topological polar surface area (TPSA) is 68.5 Å². The lowest BCUT2D eigenvalue weighted by atomic mass is 9.53. The molecule has 1 N–H and O–H groups in total. The minimum absolute atomic E-state index is 0.0173. The molecule has 0 spiro atoms. The normalized spacial score (nSPS) is 27.8. The van der Waals surface area contributed by atoms with Gasteiger partial charge in [0.1, 0.15) is 5.75 Å². The van der Waals surface area contributed by atoms with Gasteiger partial charge in [-0.15, -0.1) is 0 Å². The Hall–Kier alpha value is -3.10. The second-order valence-corrected chi connectivity index (χ2v) is 10.2. The van der Waals surface area contributed by atoms with E-state index in [1.165, 1.54) is 32.4 Å². The highest BCUT2D eigenvalue weighted by molar-refractivity contribution is 5.94. The first-order chi connectivity index (χ1) is 16.2. The predicted octanol–water partition coefficient (Wildman–Crippen LogP) is 5.12. The summed E-state index contributed by atoms with van der Waals surface area (Å²) >= 11 is 0. The van der Waals surface area contributed by atoms with Gasteiger partial charge in [0.15, 0.2) is 17.0 Å². The van der Waals surface area contributed by atoms with E-state index in [2.05, 4.69) is 15.4 Å². The van der Waals surface area contributed by atoms with Crippen LogP contribution in [-0.4, -0.2) is 33.2 Å². The minimum atomic E-state index is -4.66. The Morgan fingerprint density at radius 1 is 1.06 bits per heavy atom. The molecule has 0 unspecified atom stereocenters. The third kappa shape index (κ3) is 3.61. The molecule has 4 aliphatic rings. The Kier molecular flexibility index (Phi) is 4.70. The third-order valence-corrected chi connectivity index (χ3v) is 7.75. The van der Waals surface area contributed by atoms with E-state index in [1.54, 1.807) is 24.3 Å². The van der Waals surface area contributed by atoms with Crippen molar-refractivity contribution in [1.29, 1.82) is 0 Å². The van der Waals surface area contributed by atoms with Gasteiger partial charge in [-0.05, 0) is 86.6 Å². The van der Waals surface area contributed by atoms with Crippen molar-refractivity contribution in [2.24, 2.45) is 17.8 Å². The summed E-state index contributed by atoms with van der Waals surface area (Å²) in [5, 5.41) is 7.22. The second-order valence-electron chi connectivity index (χ2n) is 10.2. The van der Waals surface area contributed by atoms with Gasteiger partial charge in [-0.3, -0.25) is 4.79 Å². The number of fused-ring (bicyclic) bond motifs is 1. The molecule has 6 nitrogen and oxygen atoms in total. The van der Waals surface area contributed by atoms with Crippen LogP contribution in [0.15, 0.2) is 36.4 Å². The first-order valence-electron chi connectivity index (χ1n) is 11.7. The number of nitrogens with zero attached hydrogens (tertiary/aromatic N) is 3. The molecule has 0 atom stereocenters. The van der Waals surface area contributed by atoms with Gasteiger partial charge < -0.3 is 10.1 Å². The first kappa shape index (κ1) is 21.4. The molecule has 4 aliphatic carbocycles. The highest BCUT2D eigenvalue weighted by atomic mass is 19.4. The van der Waals surface area contributed by atoms with Crippen molar-refractivity contribution in [2.45, 2.75) is 50.2 Å². The number of nitrogens with one attached hydrogen (secondary N) is 1. The number of rotatable bonds is 4. The lowest BCUT2D eigenvalue weighted by molar-refractivity contribution is -0.142. The van der Waals surface area contributed by atoms with Crippen LogP contribution >= 0.6 is 0 Å². The molecule has 2 heterocycles. The molecule has 4 fully saturated rings. The fourth-order valence-corrected chi connectivity index (χ4v) is 6.77. The Balaban J connectivity index is 1.35. The SMILES string of the molecule is COc1ccc(-c2cc(C(F)(F)F)n3nc(C(=O)NC45CC6CC(CC(C6)C4)C5)cc3n2)cc1. The summed E-state index contributed by atoms with van der Waals surface area (Å²) in [5.41, 5.74) is -0.630. The molecule has 34 heavy (non-hydrogen) atoms. The average molecular weight is 470 g/mol. The molecule has 3 aromatic rings. The van der Waals surface area contributed by atoms with Crippen LogP contribution < -0.4 is 10.1 Å². The van der Waals surface area contributed by atoms with Crippen LogP contribution in [0.25, 0.3) is 16.9 Å². The van der Waals surface area contributed by atoms with E-state index in [-0.39, 0.29) is 22.6 Å². The highest BCUT2D eigenvalue weighted by Crippen LogP contribution is 2.55. The number of halogens is 3. The van der Waals surface area contributed by atoms with Crippen molar-refractivity contribution >= 4 is 11.6 Å². The highest BCUT2D eigenvalue weighted by Gasteiger charge is 2.51. The van der Waals surface area contributed by atoms with Crippen molar-refractivity contribution in [1.82, 2.24) is 19.9 Å². The van der Waals surface area contributed by atoms with Crippen LogP contribution in [0.5, 0.6) is 5.75 Å². The van der Waals surface area contributed by atoms with Crippen molar-refractivity contribution in [3.8, 4) is 17.0 Å². The van der Waals surface area contributed by atoms with E-state index in [0.717, 1.165) is 29.8 Å². The average Bonchev–Trinajstić information content (AvgIpc) is 3.21. The summed E-state index contributed by atoms with van der Waals surface area (Å²) in [7, 11) is 1.52. The zero-order valence-electron chi connectivity index (χ0n) is 18.7. The second kappa shape index (κ2) is 7.45. The molecular weight excluding hydrogens is 445 g/mol. The van der Waals surface area contributed by atoms with Crippen LogP contribution in [0.2, 0.25) is 0 Å². The number of ether oxygens (including phenoxy) is 1. The minimum Gasteiger partial charge on any atom is -0.497 e. The van der Waals surface area contributed by atoms with E-state index < -0.39 is 17.8 Å². The summed E-state index contributed by atoms with van der Waals surface area (Å²) in [6.07, 6.45) is 1.88. The predicted molar refractivity (Wildman–Crippen MR) is 118 cm³/mol. The number of benzene rings is 1. The standard InChI is InChI=1S/C25H25F3N4O2/c1-34-18-4-2-17(3-5-18)19-9-21(25(26,27)28)32-22(29-19)10-20(31-32)23(33)30-24-11-14-6-15(12-24)8-16(7-14)13-24/h2-5,9-10,14-16H,6-8,11-13H2,1H3,(H,30,33). The number of carbonyl (C=O) groups is 1. The number of amides is 1. The Morgan fingerprint density at radius 2 is 1.68 bits per heavy atom. The lowest BCUT2D eigenvalue weighted by Crippen LogP contribution is -2.59. The molecular formula is C25H25F3N4O2. The molecule has 2 aromatic heterocycles. The summed E-state index contributed by atoms with van der Waals surface area (Å²) < 4.78 is 47.6. The maximum absolute atomic E-state index is 13.9. The fourth-order valence-electron chi connectivity index (χ4n) is 6.77. The molecule has 0 radical (unpaired) electrons. The van der Waals surface area contributed by atoms with E-state index >= 15 is 0 Å². The summed E-state index contributed by atoms with van der Waals surface area (Å²) in [6, 6.07) is 8.93. The van der Waals surface area contributed by atoms with Gasteiger partial charge in [0, 0.05) is 17.2 Å². The molecule has 4 bridgehead atoms. The molecule has 4 saturated carbocycles. The molecule has 1 amide bonds. The molecule has 0 saturated heterocycles. The van der Waals surface area contributed by atoms with Crippen molar-refractivity contribution in [2.75, 3.05) is 7.11 Å². The van der Waals surface area contributed by atoms with Gasteiger partial charge in [-0.25, -0.2) is 9.50 Å². The van der Waals surface area contributed by atoms with Gasteiger partial charge >= 0.3 is 6.18 Å². The number of hydrogen-bond donors (Lipinski definition) is 1. The van der Waals surface area contributed by atoms with E-state index in [0.29, 0.717) is 29.1 Å². The maximum Gasteiger partial charge on any atom is 0.433 e.